The Kier molecular flexibility index (Phi) is 2.56. The summed E-state index contributed by atoms with van der Waals surface area (Å²) in [6, 6.07) is 0.704. The van der Waals surface area contributed by atoms with E-state index >= 15 is 0 Å². The molecule has 1 amide bonds. The molecule has 3 aliphatic rings. The molecule has 7 nitrogen and oxygen atoms in total. The molecular weight excluding hydrogens is 256 g/mol. The summed E-state index contributed by atoms with van der Waals surface area (Å²) in [5.41, 5.74) is 6.52. The molecule has 20 heavy (non-hydrogen) atoms. The molecule has 7 heteroatoms. The van der Waals surface area contributed by atoms with Crippen molar-refractivity contribution >= 4 is 17.7 Å². The zero-order valence-corrected chi connectivity index (χ0v) is 11.2. The van der Waals surface area contributed by atoms with Gasteiger partial charge in [0.1, 0.15) is 11.4 Å². The van der Waals surface area contributed by atoms with Crippen molar-refractivity contribution in [2.45, 2.75) is 31.3 Å². The number of anilines is 2. The molecule has 1 aromatic rings. The van der Waals surface area contributed by atoms with E-state index < -0.39 is 0 Å². The third-order valence-electron chi connectivity index (χ3n) is 4.18. The fourth-order valence-electron chi connectivity index (χ4n) is 2.88. The molecule has 1 atom stereocenters. The molecule has 1 saturated carbocycles. The van der Waals surface area contributed by atoms with Gasteiger partial charge in [0.15, 0.2) is 0 Å². The number of carbonyl (C=O) groups is 1. The van der Waals surface area contributed by atoms with Crippen molar-refractivity contribution in [2.24, 2.45) is 5.73 Å². The van der Waals surface area contributed by atoms with Gasteiger partial charge in [-0.25, -0.2) is 4.98 Å². The smallest absolute Gasteiger partial charge is 0.258 e. The van der Waals surface area contributed by atoms with E-state index in [1.807, 2.05) is 0 Å². The Morgan fingerprint density at radius 3 is 2.90 bits per heavy atom. The van der Waals surface area contributed by atoms with Gasteiger partial charge in [-0.3, -0.25) is 4.79 Å². The van der Waals surface area contributed by atoms with Crippen LogP contribution >= 0.6 is 0 Å². The average Bonchev–Trinajstić information content (AvgIpc) is 3.20. The van der Waals surface area contributed by atoms with Crippen LogP contribution in [0.4, 0.5) is 11.8 Å². The van der Waals surface area contributed by atoms with Gasteiger partial charge in [0, 0.05) is 31.4 Å². The lowest BCUT2D eigenvalue weighted by Gasteiger charge is -2.30. The lowest BCUT2D eigenvalue weighted by molar-refractivity contribution is 0.0946. The summed E-state index contributed by atoms with van der Waals surface area (Å²) in [6.07, 6.45) is 4.95. The predicted octanol–water partition coefficient (Wildman–Crippen LogP) is -0.316. The molecule has 3 N–H and O–H groups in total. The van der Waals surface area contributed by atoms with Gasteiger partial charge in [-0.05, 0) is 19.3 Å². The minimum Gasteiger partial charge on any atom is -0.339 e. The van der Waals surface area contributed by atoms with Gasteiger partial charge in [-0.2, -0.15) is 4.98 Å². The standard InChI is InChI=1S/C13H18N6O/c14-8-3-4-18(6-8)13-15-5-10-11(17-13)19(9-1-2-9)7-16-12(10)20/h5,8-9H,1-4,6-7,14H2,(H,16,20). The summed E-state index contributed by atoms with van der Waals surface area (Å²) in [7, 11) is 0. The van der Waals surface area contributed by atoms with E-state index in [-0.39, 0.29) is 11.9 Å². The topological polar surface area (TPSA) is 87.4 Å². The van der Waals surface area contributed by atoms with Crippen molar-refractivity contribution in [3.05, 3.63) is 11.8 Å². The number of amides is 1. The van der Waals surface area contributed by atoms with Gasteiger partial charge >= 0.3 is 0 Å². The Balaban J connectivity index is 1.70. The van der Waals surface area contributed by atoms with E-state index in [0.29, 0.717) is 24.2 Å². The van der Waals surface area contributed by atoms with Crippen molar-refractivity contribution in [1.29, 1.82) is 0 Å². The first kappa shape index (κ1) is 11.9. The van der Waals surface area contributed by atoms with Gasteiger partial charge in [-0.1, -0.05) is 0 Å². The summed E-state index contributed by atoms with van der Waals surface area (Å²) < 4.78 is 0. The zero-order chi connectivity index (χ0) is 13.7. The zero-order valence-electron chi connectivity index (χ0n) is 11.2. The van der Waals surface area contributed by atoms with Crippen LogP contribution < -0.4 is 20.9 Å². The molecule has 4 rings (SSSR count). The molecule has 106 valence electrons. The van der Waals surface area contributed by atoms with Crippen LogP contribution in [0.1, 0.15) is 29.6 Å². The van der Waals surface area contributed by atoms with Crippen LogP contribution in [-0.2, 0) is 0 Å². The quantitative estimate of drug-likeness (QED) is 0.769. The molecule has 1 aliphatic carbocycles. The second-order valence-electron chi connectivity index (χ2n) is 5.77. The fraction of sp³-hybridized carbons (Fsp3) is 0.615. The summed E-state index contributed by atoms with van der Waals surface area (Å²) in [6.45, 7) is 2.22. The van der Waals surface area contributed by atoms with Gasteiger partial charge < -0.3 is 20.9 Å². The fourth-order valence-corrected chi connectivity index (χ4v) is 2.88. The van der Waals surface area contributed by atoms with Crippen LogP contribution in [0.2, 0.25) is 0 Å². The number of hydrogen-bond acceptors (Lipinski definition) is 6. The summed E-state index contributed by atoms with van der Waals surface area (Å²) in [5, 5.41) is 2.88. The first-order valence-electron chi connectivity index (χ1n) is 7.15. The highest BCUT2D eigenvalue weighted by molar-refractivity contribution is 6.00. The SMILES string of the molecule is NC1CCN(c2ncc3c(n2)N(C2CC2)CNC3=O)C1. The molecule has 1 saturated heterocycles. The van der Waals surface area contributed by atoms with Crippen LogP contribution in [0.15, 0.2) is 6.20 Å². The molecule has 0 bridgehead atoms. The second kappa shape index (κ2) is 4.31. The van der Waals surface area contributed by atoms with Crippen molar-refractivity contribution in [1.82, 2.24) is 15.3 Å². The van der Waals surface area contributed by atoms with E-state index in [1.54, 1.807) is 6.20 Å². The van der Waals surface area contributed by atoms with E-state index in [2.05, 4.69) is 25.1 Å². The van der Waals surface area contributed by atoms with Crippen LogP contribution in [0.3, 0.4) is 0 Å². The number of fused-ring (bicyclic) bond motifs is 1. The third-order valence-corrected chi connectivity index (χ3v) is 4.18. The van der Waals surface area contributed by atoms with Crippen LogP contribution in [0.5, 0.6) is 0 Å². The van der Waals surface area contributed by atoms with E-state index in [4.69, 9.17) is 5.73 Å². The second-order valence-corrected chi connectivity index (χ2v) is 5.77. The monoisotopic (exact) mass is 274 g/mol. The number of nitrogens with one attached hydrogen (secondary N) is 1. The first-order chi connectivity index (χ1) is 9.72. The Bertz CT molecular complexity index is 558. The Labute approximate surface area is 117 Å². The molecule has 2 fully saturated rings. The number of carbonyl (C=O) groups excluding carboxylic acids is 1. The molecular formula is C13H18N6O. The van der Waals surface area contributed by atoms with Crippen molar-refractivity contribution in [2.75, 3.05) is 29.6 Å². The Morgan fingerprint density at radius 1 is 1.35 bits per heavy atom. The van der Waals surface area contributed by atoms with E-state index in [9.17, 15) is 4.79 Å². The molecule has 3 heterocycles. The summed E-state index contributed by atoms with van der Waals surface area (Å²) >= 11 is 0. The maximum atomic E-state index is 11.9. The first-order valence-corrected chi connectivity index (χ1v) is 7.15. The van der Waals surface area contributed by atoms with Gasteiger partial charge in [0.05, 0.1) is 6.67 Å². The van der Waals surface area contributed by atoms with Gasteiger partial charge in [-0.15, -0.1) is 0 Å². The lowest BCUT2D eigenvalue weighted by Crippen LogP contribution is -2.45. The van der Waals surface area contributed by atoms with Crippen molar-refractivity contribution in [3.63, 3.8) is 0 Å². The summed E-state index contributed by atoms with van der Waals surface area (Å²) in [5.74, 6) is 1.39. The average molecular weight is 274 g/mol. The number of hydrogen-bond donors (Lipinski definition) is 2. The molecule has 0 aromatic carbocycles. The highest BCUT2D eigenvalue weighted by atomic mass is 16.2. The van der Waals surface area contributed by atoms with Crippen LogP contribution in [0, 0.1) is 0 Å². The predicted molar refractivity (Wildman–Crippen MR) is 74.7 cm³/mol. The Hall–Kier alpha value is -1.89. The highest BCUT2D eigenvalue weighted by Gasteiger charge is 2.36. The third kappa shape index (κ3) is 1.89. The minimum atomic E-state index is -0.0819. The number of rotatable bonds is 2. The maximum absolute atomic E-state index is 11.9. The van der Waals surface area contributed by atoms with Gasteiger partial charge in [0.25, 0.3) is 5.91 Å². The minimum absolute atomic E-state index is 0.0819. The highest BCUT2D eigenvalue weighted by Crippen LogP contribution is 2.34. The molecule has 2 aliphatic heterocycles. The lowest BCUT2D eigenvalue weighted by atomic mass is 10.2. The number of nitrogens with zero attached hydrogens (tertiary/aromatic N) is 4. The molecule has 1 unspecified atom stereocenters. The number of nitrogens with two attached hydrogens (primary N) is 1. The Morgan fingerprint density at radius 2 is 2.20 bits per heavy atom. The largest absolute Gasteiger partial charge is 0.339 e. The van der Waals surface area contributed by atoms with E-state index in [0.717, 1.165) is 25.3 Å². The van der Waals surface area contributed by atoms with Gasteiger partial charge in [0.2, 0.25) is 5.95 Å². The van der Waals surface area contributed by atoms with Crippen LogP contribution in [0.25, 0.3) is 0 Å². The number of aromatic nitrogens is 2. The molecule has 0 radical (unpaired) electrons. The normalized spacial score (nSPS) is 25.6. The summed E-state index contributed by atoms with van der Waals surface area (Å²) in [4.78, 5) is 25.2. The van der Waals surface area contributed by atoms with Crippen molar-refractivity contribution < 1.29 is 4.79 Å². The maximum Gasteiger partial charge on any atom is 0.258 e. The van der Waals surface area contributed by atoms with E-state index in [1.165, 1.54) is 12.8 Å². The van der Waals surface area contributed by atoms with Crippen LogP contribution in [-0.4, -0.2) is 47.7 Å². The molecule has 1 aromatic heterocycles. The van der Waals surface area contributed by atoms with Crippen molar-refractivity contribution in [3.8, 4) is 0 Å². The molecule has 0 spiro atoms.